The molecule has 1 N–H and O–H groups in total. The third kappa shape index (κ3) is 5.10. The van der Waals surface area contributed by atoms with Crippen LogP contribution in [0.25, 0.3) is 0 Å². The number of benzene rings is 1. The second-order valence-corrected chi connectivity index (χ2v) is 5.27. The number of rotatable bonds is 6. The molecule has 0 fully saturated rings. The van der Waals surface area contributed by atoms with Crippen molar-refractivity contribution in [2.45, 2.75) is 26.4 Å². The van der Waals surface area contributed by atoms with Gasteiger partial charge in [-0.05, 0) is 37.7 Å². The highest BCUT2D eigenvalue weighted by molar-refractivity contribution is 5.17. The van der Waals surface area contributed by atoms with Gasteiger partial charge in [-0.1, -0.05) is 13.8 Å². The predicted molar refractivity (Wildman–Crippen MR) is 70.4 cm³/mol. The molecule has 1 aromatic carbocycles. The third-order valence-corrected chi connectivity index (χ3v) is 2.86. The molecule has 0 heterocycles. The minimum absolute atomic E-state index is 0.298. The van der Waals surface area contributed by atoms with Crippen molar-refractivity contribution in [3.05, 3.63) is 35.4 Å². The molecule has 0 aliphatic rings. The number of hydrogen-bond acceptors (Lipinski definition) is 2. The highest BCUT2D eigenvalue weighted by atomic mass is 19.1. The highest BCUT2D eigenvalue weighted by Crippen LogP contribution is 2.09. The van der Waals surface area contributed by atoms with Crippen molar-refractivity contribution < 1.29 is 8.78 Å². The van der Waals surface area contributed by atoms with Gasteiger partial charge in [-0.3, -0.25) is 0 Å². The Hall–Kier alpha value is -1.00. The highest BCUT2D eigenvalue weighted by Gasteiger charge is 2.13. The van der Waals surface area contributed by atoms with Crippen molar-refractivity contribution in [3.8, 4) is 0 Å². The molecule has 0 radical (unpaired) electrons. The molecule has 4 heteroatoms. The standard InChI is InChI=1S/C14H22F2N2/c1-10(2)14(9-18(3)4)17-8-11-5-12(15)7-13(16)6-11/h5-7,10,14,17H,8-9H2,1-4H3. The lowest BCUT2D eigenvalue weighted by Gasteiger charge is -2.25. The zero-order chi connectivity index (χ0) is 13.7. The quantitative estimate of drug-likeness (QED) is 0.841. The fourth-order valence-electron chi connectivity index (χ4n) is 1.87. The van der Waals surface area contributed by atoms with Gasteiger partial charge in [-0.25, -0.2) is 8.78 Å². The van der Waals surface area contributed by atoms with E-state index in [0.29, 0.717) is 24.1 Å². The van der Waals surface area contributed by atoms with E-state index in [4.69, 9.17) is 0 Å². The van der Waals surface area contributed by atoms with Crippen molar-refractivity contribution in [1.29, 1.82) is 0 Å². The fourth-order valence-corrected chi connectivity index (χ4v) is 1.87. The second-order valence-electron chi connectivity index (χ2n) is 5.27. The van der Waals surface area contributed by atoms with Gasteiger partial charge in [-0.15, -0.1) is 0 Å². The topological polar surface area (TPSA) is 15.3 Å². The summed E-state index contributed by atoms with van der Waals surface area (Å²) in [7, 11) is 4.03. The van der Waals surface area contributed by atoms with Crippen LogP contribution in [0.2, 0.25) is 0 Å². The maximum absolute atomic E-state index is 13.0. The summed E-state index contributed by atoms with van der Waals surface area (Å²) in [4.78, 5) is 2.10. The summed E-state index contributed by atoms with van der Waals surface area (Å²) in [6.07, 6.45) is 0. The third-order valence-electron chi connectivity index (χ3n) is 2.86. The summed E-state index contributed by atoms with van der Waals surface area (Å²) in [6.45, 7) is 5.64. The van der Waals surface area contributed by atoms with E-state index >= 15 is 0 Å². The Kier molecular flexibility index (Phi) is 5.69. The van der Waals surface area contributed by atoms with E-state index < -0.39 is 11.6 Å². The Morgan fingerprint density at radius 1 is 1.11 bits per heavy atom. The minimum atomic E-state index is -0.527. The maximum atomic E-state index is 13.0. The molecular weight excluding hydrogens is 234 g/mol. The van der Waals surface area contributed by atoms with Crippen LogP contribution in [-0.4, -0.2) is 31.6 Å². The van der Waals surface area contributed by atoms with Crippen LogP contribution in [0.3, 0.4) is 0 Å². The molecule has 1 atom stereocenters. The summed E-state index contributed by atoms with van der Waals surface area (Å²) in [6, 6.07) is 3.92. The Morgan fingerprint density at radius 3 is 2.11 bits per heavy atom. The summed E-state index contributed by atoms with van der Waals surface area (Å²) in [5.41, 5.74) is 0.636. The second kappa shape index (κ2) is 6.81. The average Bonchev–Trinajstić information content (AvgIpc) is 2.21. The van der Waals surface area contributed by atoms with E-state index in [1.54, 1.807) is 0 Å². The minimum Gasteiger partial charge on any atom is -0.308 e. The van der Waals surface area contributed by atoms with E-state index in [1.807, 2.05) is 14.1 Å². The van der Waals surface area contributed by atoms with Gasteiger partial charge in [0.1, 0.15) is 11.6 Å². The number of likely N-dealkylation sites (N-methyl/N-ethyl adjacent to an activating group) is 1. The fraction of sp³-hybridized carbons (Fsp3) is 0.571. The molecule has 1 aromatic rings. The number of nitrogens with one attached hydrogen (secondary N) is 1. The Labute approximate surface area is 108 Å². The first-order valence-corrected chi connectivity index (χ1v) is 6.21. The van der Waals surface area contributed by atoms with Gasteiger partial charge in [0.2, 0.25) is 0 Å². The van der Waals surface area contributed by atoms with Crippen LogP contribution in [0.15, 0.2) is 18.2 Å². The lowest BCUT2D eigenvalue weighted by atomic mass is 10.0. The van der Waals surface area contributed by atoms with E-state index in [2.05, 4.69) is 24.1 Å². The molecule has 0 spiro atoms. The van der Waals surface area contributed by atoms with Crippen molar-refractivity contribution in [3.63, 3.8) is 0 Å². The van der Waals surface area contributed by atoms with Gasteiger partial charge in [0, 0.05) is 25.2 Å². The van der Waals surface area contributed by atoms with Crippen molar-refractivity contribution >= 4 is 0 Å². The first kappa shape index (κ1) is 15.1. The largest absolute Gasteiger partial charge is 0.308 e. The normalized spacial score (nSPS) is 13.3. The van der Waals surface area contributed by atoms with Crippen LogP contribution in [0.4, 0.5) is 8.78 Å². The van der Waals surface area contributed by atoms with Gasteiger partial charge in [0.15, 0.2) is 0 Å². The molecule has 1 rings (SSSR count). The first-order chi connectivity index (χ1) is 8.38. The Balaban J connectivity index is 2.61. The molecular formula is C14H22F2N2. The molecule has 0 aromatic heterocycles. The average molecular weight is 256 g/mol. The van der Waals surface area contributed by atoms with Crippen LogP contribution in [0.1, 0.15) is 19.4 Å². The van der Waals surface area contributed by atoms with Gasteiger partial charge >= 0.3 is 0 Å². The first-order valence-electron chi connectivity index (χ1n) is 6.21. The van der Waals surface area contributed by atoms with Crippen molar-refractivity contribution in [1.82, 2.24) is 10.2 Å². The van der Waals surface area contributed by atoms with Gasteiger partial charge in [0.05, 0.1) is 0 Å². The summed E-state index contributed by atoms with van der Waals surface area (Å²) < 4.78 is 26.1. The van der Waals surface area contributed by atoms with Crippen molar-refractivity contribution in [2.75, 3.05) is 20.6 Å². The predicted octanol–water partition coefficient (Wildman–Crippen LogP) is 2.64. The molecule has 102 valence electrons. The summed E-state index contributed by atoms with van der Waals surface area (Å²) in [5.74, 6) is -0.591. The van der Waals surface area contributed by atoms with Gasteiger partial charge in [-0.2, -0.15) is 0 Å². The van der Waals surface area contributed by atoms with E-state index in [1.165, 1.54) is 12.1 Å². The molecule has 0 aliphatic carbocycles. The van der Waals surface area contributed by atoms with Crippen LogP contribution >= 0.6 is 0 Å². The molecule has 0 aliphatic heterocycles. The summed E-state index contributed by atoms with van der Waals surface area (Å²) >= 11 is 0. The van der Waals surface area contributed by atoms with Gasteiger partial charge < -0.3 is 10.2 Å². The summed E-state index contributed by atoms with van der Waals surface area (Å²) in [5, 5.41) is 3.35. The zero-order valence-corrected chi connectivity index (χ0v) is 11.5. The Bertz CT molecular complexity index is 358. The Morgan fingerprint density at radius 2 is 1.67 bits per heavy atom. The van der Waals surface area contributed by atoms with E-state index in [0.717, 1.165) is 12.6 Å². The molecule has 18 heavy (non-hydrogen) atoms. The molecule has 2 nitrogen and oxygen atoms in total. The van der Waals surface area contributed by atoms with E-state index in [-0.39, 0.29) is 0 Å². The number of halogens is 2. The maximum Gasteiger partial charge on any atom is 0.126 e. The lowest BCUT2D eigenvalue weighted by molar-refractivity contribution is 0.288. The molecule has 0 bridgehead atoms. The monoisotopic (exact) mass is 256 g/mol. The number of hydrogen-bond donors (Lipinski definition) is 1. The molecule has 0 amide bonds. The van der Waals surface area contributed by atoms with Crippen LogP contribution in [0.5, 0.6) is 0 Å². The van der Waals surface area contributed by atoms with Crippen LogP contribution in [0, 0.1) is 17.6 Å². The molecule has 1 unspecified atom stereocenters. The van der Waals surface area contributed by atoms with Gasteiger partial charge in [0.25, 0.3) is 0 Å². The van der Waals surface area contributed by atoms with Crippen LogP contribution in [-0.2, 0) is 6.54 Å². The number of nitrogens with zero attached hydrogens (tertiary/aromatic N) is 1. The van der Waals surface area contributed by atoms with Crippen LogP contribution < -0.4 is 5.32 Å². The molecule has 0 saturated carbocycles. The van der Waals surface area contributed by atoms with Crippen molar-refractivity contribution in [2.24, 2.45) is 5.92 Å². The smallest absolute Gasteiger partial charge is 0.126 e. The lowest BCUT2D eigenvalue weighted by Crippen LogP contribution is -2.41. The zero-order valence-electron chi connectivity index (χ0n) is 11.5. The van der Waals surface area contributed by atoms with E-state index in [9.17, 15) is 8.78 Å². The molecule has 0 saturated heterocycles. The SMILES string of the molecule is CC(C)C(CN(C)C)NCc1cc(F)cc(F)c1.